The van der Waals surface area contributed by atoms with Crippen LogP contribution in [0.4, 0.5) is 15.8 Å². The van der Waals surface area contributed by atoms with Gasteiger partial charge in [0.1, 0.15) is 5.82 Å². The van der Waals surface area contributed by atoms with Crippen LogP contribution in [0.2, 0.25) is 0 Å². The van der Waals surface area contributed by atoms with E-state index in [2.05, 4.69) is 4.72 Å². The van der Waals surface area contributed by atoms with Gasteiger partial charge in [-0.05, 0) is 31.2 Å². The van der Waals surface area contributed by atoms with Crippen molar-refractivity contribution in [1.29, 1.82) is 0 Å². The summed E-state index contributed by atoms with van der Waals surface area (Å²) in [5, 5.41) is 1.38. The van der Waals surface area contributed by atoms with Gasteiger partial charge in [-0.3, -0.25) is 9.52 Å². The standard InChI is InChI=1S/C20H17FN2O3S/c1-2-23-18-11-10-17(14-7-5-8-15(19(14)18)20(23)24)22-27(25,26)12-13-6-3-4-9-16(13)21/h3-11,22H,2,12H2,1H3. The van der Waals surface area contributed by atoms with Crippen LogP contribution in [0.3, 0.4) is 0 Å². The fourth-order valence-corrected chi connectivity index (χ4v) is 4.70. The molecule has 1 aliphatic heterocycles. The van der Waals surface area contributed by atoms with E-state index in [9.17, 15) is 17.6 Å². The number of sulfonamides is 1. The number of amides is 1. The zero-order valence-electron chi connectivity index (χ0n) is 14.6. The van der Waals surface area contributed by atoms with Crippen molar-refractivity contribution in [2.75, 3.05) is 16.2 Å². The lowest BCUT2D eigenvalue weighted by Crippen LogP contribution is -2.25. The monoisotopic (exact) mass is 384 g/mol. The second-order valence-electron chi connectivity index (χ2n) is 6.36. The molecular formula is C20H17FN2O3S. The fraction of sp³-hybridized carbons (Fsp3) is 0.150. The predicted octanol–water partition coefficient (Wildman–Crippen LogP) is 3.90. The minimum absolute atomic E-state index is 0.0931. The molecule has 0 radical (unpaired) electrons. The average molecular weight is 384 g/mol. The lowest BCUT2D eigenvalue weighted by atomic mass is 10.0. The van der Waals surface area contributed by atoms with Crippen LogP contribution in [-0.4, -0.2) is 20.9 Å². The number of halogens is 1. The van der Waals surface area contributed by atoms with Gasteiger partial charge in [-0.25, -0.2) is 12.8 Å². The van der Waals surface area contributed by atoms with Crippen LogP contribution in [0.15, 0.2) is 54.6 Å². The topological polar surface area (TPSA) is 66.5 Å². The normalized spacial score (nSPS) is 13.4. The Labute approximate surface area is 156 Å². The number of benzene rings is 3. The van der Waals surface area contributed by atoms with E-state index in [0.717, 1.165) is 11.1 Å². The molecule has 0 atom stereocenters. The van der Waals surface area contributed by atoms with E-state index in [1.54, 1.807) is 41.3 Å². The molecule has 3 aromatic carbocycles. The fourth-order valence-electron chi connectivity index (χ4n) is 3.47. The highest BCUT2D eigenvalue weighted by Crippen LogP contribution is 2.40. The number of hydrogen-bond donors (Lipinski definition) is 1. The van der Waals surface area contributed by atoms with Crippen LogP contribution in [0.1, 0.15) is 22.8 Å². The SMILES string of the molecule is CCN1C(=O)c2cccc3c(NS(=O)(=O)Cc4ccccc4F)ccc1c23. The zero-order valence-corrected chi connectivity index (χ0v) is 15.4. The quantitative estimate of drug-likeness (QED) is 0.725. The molecule has 27 heavy (non-hydrogen) atoms. The van der Waals surface area contributed by atoms with Gasteiger partial charge in [-0.2, -0.15) is 0 Å². The number of hydrogen-bond acceptors (Lipinski definition) is 3. The maximum atomic E-state index is 13.8. The van der Waals surface area contributed by atoms with Crippen LogP contribution >= 0.6 is 0 Å². The molecule has 3 aromatic rings. The Kier molecular flexibility index (Phi) is 4.11. The maximum absolute atomic E-state index is 13.8. The molecule has 0 fully saturated rings. The molecule has 0 saturated carbocycles. The smallest absolute Gasteiger partial charge is 0.258 e. The van der Waals surface area contributed by atoms with E-state index in [0.29, 0.717) is 23.2 Å². The highest BCUT2D eigenvalue weighted by Gasteiger charge is 2.29. The van der Waals surface area contributed by atoms with Crippen molar-refractivity contribution < 1.29 is 17.6 Å². The van der Waals surface area contributed by atoms with Gasteiger partial charge in [-0.1, -0.05) is 30.3 Å². The molecule has 4 rings (SSSR count). The summed E-state index contributed by atoms with van der Waals surface area (Å²) in [7, 11) is -3.83. The first-order valence-corrected chi connectivity index (χ1v) is 10.2. The Morgan fingerprint density at radius 2 is 1.81 bits per heavy atom. The highest BCUT2D eigenvalue weighted by atomic mass is 32.2. The van der Waals surface area contributed by atoms with Crippen LogP contribution in [0, 0.1) is 5.82 Å². The molecule has 5 nitrogen and oxygen atoms in total. The molecule has 1 aliphatic rings. The number of carbonyl (C=O) groups excluding carboxylic acids is 1. The van der Waals surface area contributed by atoms with Gasteiger partial charge in [-0.15, -0.1) is 0 Å². The molecule has 1 heterocycles. The largest absolute Gasteiger partial charge is 0.308 e. The van der Waals surface area contributed by atoms with Crippen molar-refractivity contribution in [3.8, 4) is 0 Å². The minimum Gasteiger partial charge on any atom is -0.308 e. The minimum atomic E-state index is -3.83. The van der Waals surface area contributed by atoms with Crippen LogP contribution in [-0.2, 0) is 15.8 Å². The van der Waals surface area contributed by atoms with Crippen molar-refractivity contribution in [1.82, 2.24) is 0 Å². The van der Waals surface area contributed by atoms with Crippen molar-refractivity contribution >= 4 is 38.1 Å². The summed E-state index contributed by atoms with van der Waals surface area (Å²) < 4.78 is 41.5. The van der Waals surface area contributed by atoms with E-state index >= 15 is 0 Å². The molecule has 0 saturated heterocycles. The van der Waals surface area contributed by atoms with Crippen molar-refractivity contribution in [2.24, 2.45) is 0 Å². The van der Waals surface area contributed by atoms with Gasteiger partial charge in [0, 0.05) is 28.4 Å². The first kappa shape index (κ1) is 17.5. The third kappa shape index (κ3) is 2.94. The first-order valence-electron chi connectivity index (χ1n) is 8.53. The Morgan fingerprint density at radius 3 is 2.56 bits per heavy atom. The van der Waals surface area contributed by atoms with Gasteiger partial charge in [0.25, 0.3) is 5.91 Å². The summed E-state index contributed by atoms with van der Waals surface area (Å²) in [6.45, 7) is 2.42. The van der Waals surface area contributed by atoms with E-state index in [-0.39, 0.29) is 11.5 Å². The van der Waals surface area contributed by atoms with Crippen LogP contribution < -0.4 is 9.62 Å². The highest BCUT2D eigenvalue weighted by molar-refractivity contribution is 7.91. The first-order chi connectivity index (χ1) is 12.9. The van der Waals surface area contributed by atoms with Crippen molar-refractivity contribution in [3.63, 3.8) is 0 Å². The van der Waals surface area contributed by atoms with Gasteiger partial charge >= 0.3 is 0 Å². The molecule has 1 amide bonds. The Balaban J connectivity index is 1.75. The molecule has 0 spiro atoms. The molecular weight excluding hydrogens is 367 g/mol. The lowest BCUT2D eigenvalue weighted by molar-refractivity contribution is 0.0994. The van der Waals surface area contributed by atoms with E-state index in [4.69, 9.17) is 0 Å². The third-order valence-corrected chi connectivity index (χ3v) is 5.89. The summed E-state index contributed by atoms with van der Waals surface area (Å²) in [5.74, 6) is -1.13. The number of anilines is 2. The van der Waals surface area contributed by atoms with Gasteiger partial charge in [0.15, 0.2) is 0 Å². The molecule has 0 bridgehead atoms. The van der Waals surface area contributed by atoms with Gasteiger partial charge in [0.05, 0.1) is 17.1 Å². The predicted molar refractivity (Wildman–Crippen MR) is 104 cm³/mol. The van der Waals surface area contributed by atoms with E-state index in [1.165, 1.54) is 18.2 Å². The van der Waals surface area contributed by atoms with Crippen LogP contribution in [0.25, 0.3) is 10.8 Å². The molecule has 1 N–H and O–H groups in total. The molecule has 0 aromatic heterocycles. The summed E-state index contributed by atoms with van der Waals surface area (Å²) in [6, 6.07) is 14.4. The Bertz CT molecular complexity index is 1180. The number of rotatable bonds is 5. The Hall–Kier alpha value is -2.93. The molecule has 0 unspecified atom stereocenters. The van der Waals surface area contributed by atoms with Gasteiger partial charge in [0.2, 0.25) is 10.0 Å². The second-order valence-corrected chi connectivity index (χ2v) is 8.08. The summed E-state index contributed by atoms with van der Waals surface area (Å²) in [5.41, 5.74) is 1.80. The molecule has 138 valence electrons. The van der Waals surface area contributed by atoms with Crippen molar-refractivity contribution in [2.45, 2.75) is 12.7 Å². The molecule has 0 aliphatic carbocycles. The van der Waals surface area contributed by atoms with E-state index in [1.807, 2.05) is 6.92 Å². The molecule has 7 heteroatoms. The van der Waals surface area contributed by atoms with E-state index < -0.39 is 21.6 Å². The summed E-state index contributed by atoms with van der Waals surface area (Å²) >= 11 is 0. The average Bonchev–Trinajstić information content (AvgIpc) is 2.92. The van der Waals surface area contributed by atoms with Crippen LogP contribution in [0.5, 0.6) is 0 Å². The Morgan fingerprint density at radius 1 is 1.04 bits per heavy atom. The lowest BCUT2D eigenvalue weighted by Gasteiger charge is -2.16. The zero-order chi connectivity index (χ0) is 19.2. The third-order valence-electron chi connectivity index (χ3n) is 4.67. The number of carbonyl (C=O) groups is 1. The van der Waals surface area contributed by atoms with Crippen molar-refractivity contribution in [3.05, 3.63) is 71.5 Å². The summed E-state index contributed by atoms with van der Waals surface area (Å²) in [6.07, 6.45) is 0. The van der Waals surface area contributed by atoms with Gasteiger partial charge < -0.3 is 4.90 Å². The number of nitrogens with zero attached hydrogens (tertiary/aromatic N) is 1. The number of nitrogens with one attached hydrogen (secondary N) is 1. The maximum Gasteiger partial charge on any atom is 0.258 e. The second kappa shape index (κ2) is 6.35. The summed E-state index contributed by atoms with van der Waals surface area (Å²) in [4.78, 5) is 14.2.